The van der Waals surface area contributed by atoms with Crippen LogP contribution < -0.4 is 10.1 Å². The maximum absolute atomic E-state index is 13.2. The molecule has 4 rings (SSSR count). The minimum Gasteiger partial charge on any atom is -0.491 e. The lowest BCUT2D eigenvalue weighted by atomic mass is 10.1. The number of aromatic nitrogens is 2. The van der Waals surface area contributed by atoms with Gasteiger partial charge in [-0.15, -0.1) is 0 Å². The lowest BCUT2D eigenvalue weighted by Crippen LogP contribution is -2.40. The molecule has 32 heavy (non-hydrogen) atoms. The number of aryl methyl sites for hydroxylation is 1. The van der Waals surface area contributed by atoms with Gasteiger partial charge >= 0.3 is 0 Å². The van der Waals surface area contributed by atoms with Crippen molar-refractivity contribution in [3.8, 4) is 11.4 Å². The first-order chi connectivity index (χ1) is 15.6. The molecule has 3 aromatic carbocycles. The Morgan fingerprint density at radius 2 is 1.88 bits per heavy atom. The van der Waals surface area contributed by atoms with Crippen molar-refractivity contribution in [3.05, 3.63) is 90.4 Å². The molecule has 1 aromatic heterocycles. The van der Waals surface area contributed by atoms with E-state index in [0.29, 0.717) is 12.2 Å². The van der Waals surface area contributed by atoms with Crippen molar-refractivity contribution in [2.45, 2.75) is 18.9 Å². The second kappa shape index (κ2) is 10.1. The van der Waals surface area contributed by atoms with E-state index in [-0.39, 0.29) is 18.5 Å². The van der Waals surface area contributed by atoms with E-state index in [1.165, 1.54) is 17.7 Å². The van der Waals surface area contributed by atoms with Gasteiger partial charge in [0.05, 0.1) is 23.4 Å². The van der Waals surface area contributed by atoms with E-state index in [0.717, 1.165) is 23.0 Å². The van der Waals surface area contributed by atoms with Crippen LogP contribution in [0, 0.1) is 5.82 Å². The fraction of sp³-hybridized carbons (Fsp3) is 0.200. The molecule has 1 heterocycles. The monoisotopic (exact) mass is 433 g/mol. The highest BCUT2D eigenvalue weighted by molar-refractivity contribution is 5.81. The molecule has 1 amide bonds. The molecule has 0 aliphatic heterocycles. The number of halogens is 1. The zero-order valence-corrected chi connectivity index (χ0v) is 17.4. The summed E-state index contributed by atoms with van der Waals surface area (Å²) >= 11 is 0. The highest BCUT2D eigenvalue weighted by Crippen LogP contribution is 2.23. The van der Waals surface area contributed by atoms with Gasteiger partial charge in [-0.3, -0.25) is 4.79 Å². The minimum absolute atomic E-state index is 0.243. The third-order valence-electron chi connectivity index (χ3n) is 5.19. The van der Waals surface area contributed by atoms with E-state index in [4.69, 9.17) is 9.84 Å². The first kappa shape index (κ1) is 21.5. The Bertz CT molecular complexity index is 1180. The first-order valence-corrected chi connectivity index (χ1v) is 10.4. The fourth-order valence-corrected chi connectivity index (χ4v) is 3.54. The number of hydrogen-bond donors (Lipinski definition) is 2. The van der Waals surface area contributed by atoms with Crippen LogP contribution >= 0.6 is 0 Å². The van der Waals surface area contributed by atoms with Gasteiger partial charge in [0, 0.05) is 5.39 Å². The number of carbonyl (C=O) groups is 1. The molecule has 1 unspecified atom stereocenters. The summed E-state index contributed by atoms with van der Waals surface area (Å²) in [7, 11) is 0. The number of rotatable bonds is 9. The topological polar surface area (TPSA) is 76.4 Å². The number of ether oxygens (including phenoxy) is 1. The fourth-order valence-electron chi connectivity index (χ4n) is 3.54. The van der Waals surface area contributed by atoms with Crippen molar-refractivity contribution in [1.29, 1.82) is 0 Å². The number of hydrogen-bond acceptors (Lipinski definition) is 4. The molecule has 0 aliphatic carbocycles. The van der Waals surface area contributed by atoms with Crippen LogP contribution in [0.3, 0.4) is 0 Å². The predicted octanol–water partition coefficient (Wildman–Crippen LogP) is 3.65. The number of benzene rings is 3. The molecular formula is C25H24FN3O3. The zero-order valence-electron chi connectivity index (χ0n) is 17.4. The highest BCUT2D eigenvalue weighted by atomic mass is 19.1. The number of nitrogens with zero attached hydrogens (tertiary/aromatic N) is 2. The van der Waals surface area contributed by atoms with E-state index in [9.17, 15) is 9.18 Å². The molecule has 4 aromatic rings. The molecule has 6 nitrogen and oxygen atoms in total. The Morgan fingerprint density at radius 1 is 1.09 bits per heavy atom. The number of amides is 1. The minimum atomic E-state index is -0.559. The van der Waals surface area contributed by atoms with Crippen molar-refractivity contribution in [3.63, 3.8) is 0 Å². The molecule has 0 aliphatic rings. The Labute approximate surface area is 185 Å². The van der Waals surface area contributed by atoms with Crippen LogP contribution in [0.2, 0.25) is 0 Å². The lowest BCUT2D eigenvalue weighted by molar-refractivity contribution is -0.124. The maximum Gasteiger partial charge on any atom is 0.246 e. The summed E-state index contributed by atoms with van der Waals surface area (Å²) in [6, 6.07) is 21.5. The summed E-state index contributed by atoms with van der Waals surface area (Å²) in [6.45, 7) is -0.285. The number of nitrogens with one attached hydrogen (secondary N) is 1. The van der Waals surface area contributed by atoms with Crippen molar-refractivity contribution < 1.29 is 19.0 Å². The van der Waals surface area contributed by atoms with Crippen LogP contribution in [-0.4, -0.2) is 40.0 Å². The molecule has 0 radical (unpaired) electrons. The predicted molar refractivity (Wildman–Crippen MR) is 120 cm³/mol. The Morgan fingerprint density at radius 3 is 2.62 bits per heavy atom. The van der Waals surface area contributed by atoms with Gasteiger partial charge < -0.3 is 15.2 Å². The third-order valence-corrected chi connectivity index (χ3v) is 5.19. The quantitative estimate of drug-likeness (QED) is 0.423. The van der Waals surface area contributed by atoms with Gasteiger partial charge in [-0.05, 0) is 60.9 Å². The van der Waals surface area contributed by atoms with E-state index in [1.54, 1.807) is 23.0 Å². The van der Waals surface area contributed by atoms with Crippen molar-refractivity contribution in [1.82, 2.24) is 15.1 Å². The van der Waals surface area contributed by atoms with Crippen molar-refractivity contribution in [2.75, 3.05) is 13.2 Å². The molecule has 1 atom stereocenters. The van der Waals surface area contributed by atoms with Gasteiger partial charge in [0.1, 0.15) is 24.8 Å². The van der Waals surface area contributed by atoms with Gasteiger partial charge in [0.15, 0.2) is 0 Å². The second-order valence-electron chi connectivity index (χ2n) is 7.51. The van der Waals surface area contributed by atoms with Crippen LogP contribution in [0.15, 0.2) is 79.0 Å². The van der Waals surface area contributed by atoms with Crippen molar-refractivity contribution >= 4 is 16.8 Å². The molecular weight excluding hydrogens is 409 g/mol. The van der Waals surface area contributed by atoms with Crippen LogP contribution in [0.5, 0.6) is 5.75 Å². The van der Waals surface area contributed by atoms with Gasteiger partial charge in [0.2, 0.25) is 5.91 Å². The van der Waals surface area contributed by atoms with Crippen LogP contribution in [-0.2, 0) is 11.2 Å². The SMILES string of the molecule is O=C(CO)NC(CCc1ccccc1)COc1ccc2c(cnn2-c2ccc(F)cc2)c1. The molecule has 0 saturated carbocycles. The standard InChI is InChI=1S/C25H24FN3O3/c26-20-7-10-22(11-8-20)29-24-13-12-23(14-19(24)15-27-29)32-17-21(28-25(31)16-30)9-6-18-4-2-1-3-5-18/h1-5,7-8,10-15,21,30H,6,9,16-17H2,(H,28,31). The van der Waals surface area contributed by atoms with Gasteiger partial charge in [-0.2, -0.15) is 5.10 Å². The summed E-state index contributed by atoms with van der Waals surface area (Å²) in [5.41, 5.74) is 2.81. The van der Waals surface area contributed by atoms with Crippen LogP contribution in [0.4, 0.5) is 4.39 Å². The van der Waals surface area contributed by atoms with Crippen molar-refractivity contribution in [2.24, 2.45) is 0 Å². The first-order valence-electron chi connectivity index (χ1n) is 10.4. The summed E-state index contributed by atoms with van der Waals surface area (Å²) in [5, 5.41) is 17.2. The van der Waals surface area contributed by atoms with E-state index >= 15 is 0 Å². The molecule has 164 valence electrons. The lowest BCUT2D eigenvalue weighted by Gasteiger charge is -2.19. The molecule has 2 N–H and O–H groups in total. The number of carbonyl (C=O) groups excluding carboxylic acids is 1. The van der Waals surface area contributed by atoms with Gasteiger partial charge in [0.25, 0.3) is 0 Å². The normalized spacial score (nSPS) is 11.9. The molecule has 0 fully saturated rings. The second-order valence-corrected chi connectivity index (χ2v) is 7.51. The third kappa shape index (κ3) is 5.31. The zero-order chi connectivity index (χ0) is 22.3. The average molecular weight is 433 g/mol. The summed E-state index contributed by atoms with van der Waals surface area (Å²) in [5.74, 6) is -0.0715. The molecule has 0 saturated heterocycles. The number of fused-ring (bicyclic) bond motifs is 1. The smallest absolute Gasteiger partial charge is 0.246 e. The number of aliphatic hydroxyl groups excluding tert-OH is 1. The maximum atomic E-state index is 13.2. The Hall–Kier alpha value is -3.71. The van der Waals surface area contributed by atoms with Crippen LogP contribution in [0.1, 0.15) is 12.0 Å². The van der Waals surface area contributed by atoms with E-state index in [1.807, 2.05) is 48.5 Å². The average Bonchev–Trinajstić information content (AvgIpc) is 3.25. The summed E-state index contributed by atoms with van der Waals surface area (Å²) < 4.78 is 20.9. The molecule has 7 heteroatoms. The van der Waals surface area contributed by atoms with E-state index < -0.39 is 12.5 Å². The van der Waals surface area contributed by atoms with Gasteiger partial charge in [-0.25, -0.2) is 9.07 Å². The summed E-state index contributed by atoms with van der Waals surface area (Å²) in [6.07, 6.45) is 3.19. The largest absolute Gasteiger partial charge is 0.491 e. The van der Waals surface area contributed by atoms with Gasteiger partial charge in [-0.1, -0.05) is 30.3 Å². The summed E-state index contributed by atoms with van der Waals surface area (Å²) in [4.78, 5) is 11.7. The highest BCUT2D eigenvalue weighted by Gasteiger charge is 2.14. The van der Waals surface area contributed by atoms with E-state index in [2.05, 4.69) is 10.4 Å². The Balaban J connectivity index is 1.44. The van der Waals surface area contributed by atoms with Crippen LogP contribution in [0.25, 0.3) is 16.6 Å². The number of aliphatic hydroxyl groups is 1. The molecule has 0 bridgehead atoms. The molecule has 0 spiro atoms. The Kier molecular flexibility index (Phi) is 6.77.